The van der Waals surface area contributed by atoms with Crippen LogP contribution in [0.5, 0.6) is 0 Å². The van der Waals surface area contributed by atoms with Gasteiger partial charge in [-0.2, -0.15) is 0 Å². The molecule has 0 aliphatic heterocycles. The van der Waals surface area contributed by atoms with Crippen LogP contribution in [0.15, 0.2) is 60.7 Å². The lowest BCUT2D eigenvalue weighted by molar-refractivity contribution is 0.296. The van der Waals surface area contributed by atoms with Crippen LogP contribution >= 0.6 is 0 Å². The van der Waals surface area contributed by atoms with E-state index in [1.807, 2.05) is 6.08 Å². The van der Waals surface area contributed by atoms with E-state index in [9.17, 15) is 4.39 Å². The number of rotatable bonds is 8. The largest absolute Gasteiger partial charge is 0.251 e. The first-order valence-electron chi connectivity index (χ1n) is 10.7. The Kier molecular flexibility index (Phi) is 7.68. The molecule has 1 heteroatoms. The van der Waals surface area contributed by atoms with Crippen molar-refractivity contribution in [2.45, 2.75) is 58.3 Å². The van der Waals surface area contributed by atoms with Crippen LogP contribution in [-0.2, 0) is 12.8 Å². The van der Waals surface area contributed by atoms with E-state index in [2.05, 4.69) is 61.5 Å². The average Bonchev–Trinajstić information content (AvgIpc) is 2.74. The van der Waals surface area contributed by atoms with Gasteiger partial charge in [0.25, 0.3) is 0 Å². The predicted octanol–water partition coefficient (Wildman–Crippen LogP) is 7.57. The lowest BCUT2D eigenvalue weighted by atomic mass is 9.79. The summed E-state index contributed by atoms with van der Waals surface area (Å²) in [5.74, 6) is 1.54. The second kappa shape index (κ2) is 10.4. The van der Waals surface area contributed by atoms with Crippen molar-refractivity contribution in [3.63, 3.8) is 0 Å². The molecule has 1 saturated carbocycles. The number of hydrogen-bond acceptors (Lipinski definition) is 0. The van der Waals surface area contributed by atoms with Gasteiger partial charge in [-0.1, -0.05) is 67.6 Å². The van der Waals surface area contributed by atoms with Gasteiger partial charge in [0.15, 0.2) is 0 Å². The molecule has 0 nitrogen and oxygen atoms in total. The van der Waals surface area contributed by atoms with Crippen molar-refractivity contribution in [3.05, 3.63) is 71.8 Å². The van der Waals surface area contributed by atoms with Gasteiger partial charge in [-0.3, -0.25) is 4.39 Å². The minimum Gasteiger partial charge on any atom is -0.251 e. The highest BCUT2D eigenvalue weighted by Crippen LogP contribution is 2.32. The summed E-state index contributed by atoms with van der Waals surface area (Å²) in [6.45, 7) is 1.97. The molecular formula is C26H33F. The van der Waals surface area contributed by atoms with Crippen molar-refractivity contribution in [1.29, 1.82) is 0 Å². The maximum absolute atomic E-state index is 12.2. The number of halogens is 1. The van der Waals surface area contributed by atoms with Crippen LogP contribution in [0.4, 0.5) is 4.39 Å². The number of allylic oxidation sites excluding steroid dienone is 2. The van der Waals surface area contributed by atoms with Gasteiger partial charge in [0.1, 0.15) is 0 Å². The molecule has 3 rings (SSSR count). The minimum absolute atomic E-state index is 0.227. The van der Waals surface area contributed by atoms with Gasteiger partial charge >= 0.3 is 0 Å². The van der Waals surface area contributed by atoms with Crippen LogP contribution in [0.1, 0.15) is 56.6 Å². The summed E-state index contributed by atoms with van der Waals surface area (Å²) in [4.78, 5) is 0. The first-order chi connectivity index (χ1) is 13.3. The standard InChI is InChI=1S/C26H33F/c1-2-21-12-16-25(17-13-21)26-18-14-24(15-19-26)11-10-23-8-6-22(7-9-23)5-3-4-20-27/h3,5,12-19,22-23H,2,4,6-11,20H2,1H3/b5-3+. The van der Waals surface area contributed by atoms with Crippen LogP contribution in [0, 0.1) is 11.8 Å². The second-order valence-corrected chi connectivity index (χ2v) is 7.97. The average molecular weight is 365 g/mol. The van der Waals surface area contributed by atoms with Crippen LogP contribution in [0.25, 0.3) is 11.1 Å². The highest BCUT2D eigenvalue weighted by molar-refractivity contribution is 5.63. The molecule has 27 heavy (non-hydrogen) atoms. The van der Waals surface area contributed by atoms with Gasteiger partial charge in [0.2, 0.25) is 0 Å². The molecule has 0 aromatic heterocycles. The zero-order valence-corrected chi connectivity index (χ0v) is 16.7. The quantitative estimate of drug-likeness (QED) is 0.424. The van der Waals surface area contributed by atoms with Gasteiger partial charge in [-0.05, 0) is 85.5 Å². The molecular weight excluding hydrogens is 331 g/mol. The topological polar surface area (TPSA) is 0 Å². The smallest absolute Gasteiger partial charge is 0.0928 e. The Morgan fingerprint density at radius 2 is 1.44 bits per heavy atom. The summed E-state index contributed by atoms with van der Waals surface area (Å²) >= 11 is 0. The van der Waals surface area contributed by atoms with Crippen LogP contribution in [-0.4, -0.2) is 6.67 Å². The Hall–Kier alpha value is -1.89. The predicted molar refractivity (Wildman–Crippen MR) is 115 cm³/mol. The van der Waals surface area contributed by atoms with Crippen molar-refractivity contribution in [2.75, 3.05) is 6.67 Å². The van der Waals surface area contributed by atoms with Crippen molar-refractivity contribution in [3.8, 4) is 11.1 Å². The van der Waals surface area contributed by atoms with Gasteiger partial charge in [-0.25, -0.2) is 0 Å². The Labute approximate surface area is 164 Å². The third-order valence-electron chi connectivity index (χ3n) is 6.07. The molecule has 0 radical (unpaired) electrons. The van der Waals surface area contributed by atoms with Crippen LogP contribution in [0.2, 0.25) is 0 Å². The molecule has 1 aliphatic carbocycles. The molecule has 0 atom stereocenters. The summed E-state index contributed by atoms with van der Waals surface area (Å²) < 4.78 is 12.2. The Morgan fingerprint density at radius 1 is 0.852 bits per heavy atom. The first kappa shape index (κ1) is 19.9. The number of aryl methyl sites for hydroxylation is 2. The summed E-state index contributed by atoms with van der Waals surface area (Å²) in [6.07, 6.45) is 13.6. The van der Waals surface area contributed by atoms with E-state index < -0.39 is 0 Å². The van der Waals surface area contributed by atoms with E-state index in [-0.39, 0.29) is 6.67 Å². The Bertz CT molecular complexity index is 688. The van der Waals surface area contributed by atoms with E-state index in [4.69, 9.17) is 0 Å². The third kappa shape index (κ3) is 6.06. The second-order valence-electron chi connectivity index (χ2n) is 7.97. The molecule has 0 unspecified atom stereocenters. The van der Waals surface area contributed by atoms with Crippen molar-refractivity contribution in [2.24, 2.45) is 11.8 Å². The summed E-state index contributed by atoms with van der Waals surface area (Å²) in [5, 5.41) is 0. The van der Waals surface area contributed by atoms with E-state index in [1.54, 1.807) is 0 Å². The summed E-state index contributed by atoms with van der Waals surface area (Å²) in [6, 6.07) is 18.1. The Morgan fingerprint density at radius 3 is 2.00 bits per heavy atom. The molecule has 1 aliphatic rings. The minimum atomic E-state index is -0.227. The highest BCUT2D eigenvalue weighted by atomic mass is 19.1. The van der Waals surface area contributed by atoms with Crippen molar-refractivity contribution < 1.29 is 4.39 Å². The number of alkyl halides is 1. The fraction of sp³-hybridized carbons (Fsp3) is 0.462. The van der Waals surface area contributed by atoms with E-state index in [1.165, 1.54) is 60.8 Å². The molecule has 144 valence electrons. The van der Waals surface area contributed by atoms with Gasteiger partial charge in [0.05, 0.1) is 6.67 Å². The maximum Gasteiger partial charge on any atom is 0.0928 e. The maximum atomic E-state index is 12.2. The normalized spacial score (nSPS) is 20.2. The van der Waals surface area contributed by atoms with Gasteiger partial charge in [0, 0.05) is 0 Å². The zero-order valence-electron chi connectivity index (χ0n) is 16.7. The zero-order chi connectivity index (χ0) is 18.9. The molecule has 0 spiro atoms. The summed E-state index contributed by atoms with van der Waals surface area (Å²) in [5.41, 5.74) is 5.46. The molecule has 0 bridgehead atoms. The molecule has 0 amide bonds. The monoisotopic (exact) mass is 364 g/mol. The van der Waals surface area contributed by atoms with E-state index >= 15 is 0 Å². The third-order valence-corrected chi connectivity index (χ3v) is 6.07. The van der Waals surface area contributed by atoms with Crippen LogP contribution in [0.3, 0.4) is 0 Å². The lowest BCUT2D eigenvalue weighted by Gasteiger charge is -2.26. The molecule has 1 fully saturated rings. The van der Waals surface area contributed by atoms with E-state index in [0.29, 0.717) is 12.3 Å². The summed E-state index contributed by atoms with van der Waals surface area (Å²) in [7, 11) is 0. The highest BCUT2D eigenvalue weighted by Gasteiger charge is 2.19. The van der Waals surface area contributed by atoms with E-state index in [0.717, 1.165) is 12.3 Å². The lowest BCUT2D eigenvalue weighted by Crippen LogP contribution is -2.13. The fourth-order valence-corrected chi connectivity index (χ4v) is 4.19. The molecule has 0 heterocycles. The fourth-order valence-electron chi connectivity index (χ4n) is 4.19. The molecule has 0 saturated heterocycles. The van der Waals surface area contributed by atoms with Crippen molar-refractivity contribution in [1.82, 2.24) is 0 Å². The molecule has 2 aromatic carbocycles. The first-order valence-corrected chi connectivity index (χ1v) is 10.7. The number of hydrogen-bond donors (Lipinski definition) is 0. The Balaban J connectivity index is 1.45. The number of benzene rings is 2. The van der Waals surface area contributed by atoms with Crippen molar-refractivity contribution >= 4 is 0 Å². The molecule has 0 N–H and O–H groups in total. The van der Waals surface area contributed by atoms with Crippen LogP contribution < -0.4 is 0 Å². The SMILES string of the molecule is CCc1ccc(-c2ccc(CCC3CCC(/C=C/CCF)CC3)cc2)cc1. The molecule has 2 aromatic rings. The van der Waals surface area contributed by atoms with Gasteiger partial charge < -0.3 is 0 Å². The van der Waals surface area contributed by atoms with Gasteiger partial charge in [-0.15, -0.1) is 0 Å².